The summed E-state index contributed by atoms with van der Waals surface area (Å²) in [4.78, 5) is 9.42. The highest BCUT2D eigenvalue weighted by atomic mass is 32.3. The minimum Gasteiger partial charge on any atom is -0.370 e. The Hall–Kier alpha value is -1.67. The predicted molar refractivity (Wildman–Crippen MR) is 72.7 cm³/mol. The first kappa shape index (κ1) is 15.2. The van der Waals surface area contributed by atoms with Gasteiger partial charge in [0.15, 0.2) is 23.7 Å². The molecule has 3 aliphatic rings. The van der Waals surface area contributed by atoms with Gasteiger partial charge < -0.3 is 31.9 Å². The van der Waals surface area contributed by atoms with Gasteiger partial charge in [-0.1, -0.05) is 0 Å². The molecule has 1 spiro atoms. The first-order valence-electron chi connectivity index (χ1n) is 6.32. The molecule has 22 heavy (non-hydrogen) atoms. The molecule has 0 amide bonds. The molecule has 0 aliphatic carbocycles. The molecule has 0 radical (unpaired) electrons. The van der Waals surface area contributed by atoms with Crippen molar-refractivity contribution in [3.8, 4) is 0 Å². The van der Waals surface area contributed by atoms with E-state index in [0.29, 0.717) is 0 Å². The number of rotatable bonds is 2. The Bertz CT molecular complexity index is 676. The first-order valence-corrected chi connectivity index (χ1v) is 7.68. The fourth-order valence-corrected chi connectivity index (χ4v) is 3.78. The molecule has 3 aliphatic heterocycles. The average molecular weight is 336 g/mol. The Morgan fingerprint density at radius 2 is 2.05 bits per heavy atom. The molecule has 1 fully saturated rings. The number of guanidine groups is 2. The Labute approximate surface area is 125 Å². The van der Waals surface area contributed by atoms with Gasteiger partial charge in [0.05, 0.1) is 12.6 Å². The molecule has 124 valence electrons. The summed E-state index contributed by atoms with van der Waals surface area (Å²) < 4.78 is 35.1. The van der Waals surface area contributed by atoms with E-state index < -0.39 is 40.0 Å². The van der Waals surface area contributed by atoms with Crippen molar-refractivity contribution in [3.63, 3.8) is 0 Å². The summed E-state index contributed by atoms with van der Waals surface area (Å²) in [7, 11) is -4.92. The third-order valence-electron chi connectivity index (χ3n) is 4.12. The van der Waals surface area contributed by atoms with E-state index in [1.807, 2.05) is 0 Å². The van der Waals surface area contributed by atoms with Crippen molar-refractivity contribution in [2.24, 2.45) is 21.5 Å². The first-order chi connectivity index (χ1) is 9.99. The number of nitrogens with zero attached hydrogens (tertiary/aromatic N) is 3. The minimum absolute atomic E-state index is 0.0601. The molecule has 0 bridgehead atoms. The van der Waals surface area contributed by atoms with Crippen LogP contribution in [0.15, 0.2) is 9.98 Å². The van der Waals surface area contributed by atoms with Crippen LogP contribution in [0, 0.1) is 0 Å². The monoisotopic (exact) mass is 336 g/mol. The molecule has 0 unspecified atom stereocenters. The third-order valence-corrected chi connectivity index (χ3v) is 4.59. The number of nitrogens with two attached hydrogens (primary N) is 2. The number of nitrogens with one attached hydrogen (secondary N) is 1. The Morgan fingerprint density at radius 1 is 1.41 bits per heavy atom. The van der Waals surface area contributed by atoms with Crippen molar-refractivity contribution in [1.29, 1.82) is 0 Å². The van der Waals surface area contributed by atoms with E-state index in [1.165, 1.54) is 4.90 Å². The Balaban J connectivity index is 2.10. The van der Waals surface area contributed by atoms with Gasteiger partial charge in [-0.15, -0.1) is 0 Å². The zero-order valence-electron chi connectivity index (χ0n) is 11.4. The molecule has 0 saturated carbocycles. The molecular formula is C9H16N6O6S. The Kier molecular flexibility index (Phi) is 2.91. The lowest BCUT2D eigenvalue weighted by Crippen LogP contribution is -2.77. The SMILES string of the molecule is C[C@@H]1N=C(N)N2C[C@H](OS(=O)(=O)O)C(O)(O)[C@@]23NC(N)=N[C@@H]13. The quantitative estimate of drug-likeness (QED) is 0.213. The van der Waals surface area contributed by atoms with Crippen LogP contribution in [0.5, 0.6) is 0 Å². The third kappa shape index (κ3) is 1.80. The summed E-state index contributed by atoms with van der Waals surface area (Å²) >= 11 is 0. The van der Waals surface area contributed by atoms with E-state index in [9.17, 15) is 18.6 Å². The summed E-state index contributed by atoms with van der Waals surface area (Å²) in [5, 5.41) is 23.7. The second-order valence-corrected chi connectivity index (χ2v) is 6.48. The van der Waals surface area contributed by atoms with E-state index in [4.69, 9.17) is 16.0 Å². The number of hydrogen-bond acceptors (Lipinski definition) is 11. The average Bonchev–Trinajstić information content (AvgIpc) is 2.79. The lowest BCUT2D eigenvalue weighted by atomic mass is 9.86. The summed E-state index contributed by atoms with van der Waals surface area (Å²) in [5.41, 5.74) is 9.71. The summed E-state index contributed by atoms with van der Waals surface area (Å²) in [6, 6.07) is -1.39. The van der Waals surface area contributed by atoms with Gasteiger partial charge >= 0.3 is 10.4 Å². The molecule has 12 nitrogen and oxygen atoms in total. The number of aliphatic imine (C=N–C) groups is 2. The summed E-state index contributed by atoms with van der Waals surface area (Å²) in [6.45, 7) is 1.29. The van der Waals surface area contributed by atoms with Gasteiger partial charge in [0.2, 0.25) is 5.79 Å². The van der Waals surface area contributed by atoms with Crippen molar-refractivity contribution in [1.82, 2.24) is 10.2 Å². The molecule has 0 aromatic carbocycles. The van der Waals surface area contributed by atoms with E-state index in [-0.39, 0.29) is 18.5 Å². The lowest BCUT2D eigenvalue weighted by molar-refractivity contribution is -0.252. The van der Waals surface area contributed by atoms with Crippen molar-refractivity contribution < 1.29 is 27.4 Å². The van der Waals surface area contributed by atoms with Crippen molar-refractivity contribution in [2.75, 3.05) is 6.54 Å². The molecule has 1 saturated heterocycles. The van der Waals surface area contributed by atoms with Crippen LogP contribution in [0.25, 0.3) is 0 Å². The summed E-state index contributed by atoms with van der Waals surface area (Å²) in [6.07, 6.45) is -1.72. The standard InChI is InChI=1S/C9H16N6O6S/c1-3-5-8(14-6(10)13-5)9(16,17)4(21-22(18,19)20)2-15(8)7(11)12-3/h3-5,16-17H,2H2,1H3,(H2,11,12)(H3,10,13,14)(H,18,19,20)/t3-,4-,5-,8-/m0/s1. The fraction of sp³-hybridized carbons (Fsp3) is 0.778. The molecule has 0 aromatic heterocycles. The second-order valence-electron chi connectivity index (χ2n) is 5.43. The van der Waals surface area contributed by atoms with Crippen LogP contribution in [0.2, 0.25) is 0 Å². The van der Waals surface area contributed by atoms with Gasteiger partial charge in [0, 0.05) is 0 Å². The van der Waals surface area contributed by atoms with Gasteiger partial charge in [-0.3, -0.25) is 4.55 Å². The highest BCUT2D eigenvalue weighted by Gasteiger charge is 2.73. The largest absolute Gasteiger partial charge is 0.397 e. The van der Waals surface area contributed by atoms with Gasteiger partial charge in [-0.05, 0) is 6.92 Å². The van der Waals surface area contributed by atoms with Crippen LogP contribution in [-0.2, 0) is 14.6 Å². The Morgan fingerprint density at radius 3 is 2.64 bits per heavy atom. The number of aliphatic hydroxyl groups is 2. The number of hydrogen-bond donors (Lipinski definition) is 6. The van der Waals surface area contributed by atoms with E-state index in [0.717, 1.165) is 0 Å². The van der Waals surface area contributed by atoms with Crippen LogP contribution in [0.4, 0.5) is 0 Å². The molecule has 3 rings (SSSR count). The van der Waals surface area contributed by atoms with Gasteiger partial charge in [0.25, 0.3) is 0 Å². The fourth-order valence-electron chi connectivity index (χ4n) is 3.29. The molecule has 3 heterocycles. The van der Waals surface area contributed by atoms with Crippen molar-refractivity contribution in [3.05, 3.63) is 0 Å². The maximum Gasteiger partial charge on any atom is 0.397 e. The normalized spacial score (nSPS) is 39.6. The zero-order chi connectivity index (χ0) is 16.5. The van der Waals surface area contributed by atoms with Crippen LogP contribution in [-0.4, -0.2) is 76.2 Å². The molecule has 4 atom stereocenters. The van der Waals surface area contributed by atoms with Gasteiger partial charge in [-0.2, -0.15) is 8.42 Å². The molecule has 13 heteroatoms. The van der Waals surface area contributed by atoms with E-state index in [1.54, 1.807) is 6.92 Å². The summed E-state index contributed by atoms with van der Waals surface area (Å²) in [5.74, 6) is -2.91. The minimum atomic E-state index is -4.92. The highest BCUT2D eigenvalue weighted by Crippen LogP contribution is 2.45. The lowest BCUT2D eigenvalue weighted by Gasteiger charge is -2.48. The van der Waals surface area contributed by atoms with Crippen LogP contribution in [0.1, 0.15) is 6.92 Å². The van der Waals surface area contributed by atoms with Crippen LogP contribution >= 0.6 is 0 Å². The maximum atomic E-state index is 10.9. The molecule has 8 N–H and O–H groups in total. The molecular weight excluding hydrogens is 320 g/mol. The highest BCUT2D eigenvalue weighted by molar-refractivity contribution is 7.80. The smallest absolute Gasteiger partial charge is 0.370 e. The van der Waals surface area contributed by atoms with Gasteiger partial charge in [0.1, 0.15) is 6.04 Å². The van der Waals surface area contributed by atoms with Crippen LogP contribution in [0.3, 0.4) is 0 Å². The second kappa shape index (κ2) is 4.20. The van der Waals surface area contributed by atoms with Crippen LogP contribution < -0.4 is 16.8 Å². The topological polar surface area (TPSA) is 196 Å². The zero-order valence-corrected chi connectivity index (χ0v) is 12.2. The maximum absolute atomic E-state index is 10.9. The van der Waals surface area contributed by atoms with E-state index >= 15 is 0 Å². The predicted octanol–water partition coefficient (Wildman–Crippen LogP) is -4.13. The molecule has 0 aromatic rings. The van der Waals surface area contributed by atoms with Gasteiger partial charge in [-0.25, -0.2) is 14.2 Å². The van der Waals surface area contributed by atoms with Crippen molar-refractivity contribution in [2.45, 2.75) is 36.6 Å². The van der Waals surface area contributed by atoms with E-state index in [2.05, 4.69) is 19.5 Å². The van der Waals surface area contributed by atoms with Crippen molar-refractivity contribution >= 4 is 22.3 Å².